The van der Waals surface area contributed by atoms with E-state index in [9.17, 15) is 19.1 Å². The molecule has 0 aliphatic carbocycles. The van der Waals surface area contributed by atoms with Gasteiger partial charge in [-0.15, -0.1) is 0 Å². The molecular weight excluding hydrogens is 339 g/mol. The Bertz CT molecular complexity index is 1190. The van der Waals surface area contributed by atoms with Crippen LogP contribution in [0.5, 0.6) is 5.75 Å². The van der Waals surface area contributed by atoms with Gasteiger partial charge < -0.3 is 15.4 Å². The molecule has 0 aliphatic heterocycles. The van der Waals surface area contributed by atoms with Gasteiger partial charge in [-0.05, 0) is 29.8 Å². The Hall–Kier alpha value is -3.68. The number of aromatic hydroxyl groups is 1. The molecule has 0 bridgehead atoms. The molecule has 130 valence electrons. The molecule has 4 rings (SSSR count). The maximum Gasteiger partial charge on any atom is 0.302 e. The van der Waals surface area contributed by atoms with Gasteiger partial charge in [-0.3, -0.25) is 9.59 Å². The first-order valence-electron chi connectivity index (χ1n) is 7.79. The van der Waals surface area contributed by atoms with Gasteiger partial charge in [-0.2, -0.15) is 0 Å². The normalized spacial score (nSPS) is 11.1. The fourth-order valence-electron chi connectivity index (χ4n) is 2.74. The molecule has 0 fully saturated rings. The first-order chi connectivity index (χ1) is 12.5. The molecular formula is C18H13FN4O3. The number of nitrogens with one attached hydrogen (secondary N) is 2. The summed E-state index contributed by atoms with van der Waals surface area (Å²) in [6, 6.07) is 12.6. The third-order valence-corrected chi connectivity index (χ3v) is 4.03. The number of carbonyl (C=O) groups is 1. The molecule has 0 unspecified atom stereocenters. The van der Waals surface area contributed by atoms with Crippen LogP contribution < -0.4 is 10.9 Å². The quantitative estimate of drug-likeness (QED) is 0.525. The van der Waals surface area contributed by atoms with E-state index in [0.717, 1.165) is 0 Å². The summed E-state index contributed by atoms with van der Waals surface area (Å²) in [4.78, 5) is 31.8. The molecule has 4 aromatic rings. The van der Waals surface area contributed by atoms with Gasteiger partial charge in [0.1, 0.15) is 5.82 Å². The van der Waals surface area contributed by atoms with E-state index in [-0.39, 0.29) is 23.8 Å². The number of nitrogens with zero attached hydrogens (tertiary/aromatic N) is 2. The maximum atomic E-state index is 12.9. The highest BCUT2D eigenvalue weighted by Gasteiger charge is 2.20. The van der Waals surface area contributed by atoms with Crippen LogP contribution in [0.15, 0.2) is 53.3 Å². The van der Waals surface area contributed by atoms with Crippen molar-refractivity contribution < 1.29 is 14.3 Å². The highest BCUT2D eigenvalue weighted by atomic mass is 19.1. The van der Waals surface area contributed by atoms with E-state index in [1.54, 1.807) is 24.3 Å². The minimum atomic E-state index is -0.737. The maximum absolute atomic E-state index is 12.9. The second-order valence-corrected chi connectivity index (χ2v) is 5.72. The van der Waals surface area contributed by atoms with Crippen LogP contribution in [-0.4, -0.2) is 25.4 Å². The number of carbonyl (C=O) groups excluding carboxylic acids is 1. The van der Waals surface area contributed by atoms with Crippen LogP contribution in [0.4, 0.5) is 4.39 Å². The van der Waals surface area contributed by atoms with Crippen molar-refractivity contribution in [3.8, 4) is 5.75 Å². The lowest BCUT2D eigenvalue weighted by Gasteiger charge is -2.06. The molecule has 2 aromatic carbocycles. The lowest BCUT2D eigenvalue weighted by molar-refractivity contribution is 0.0942. The van der Waals surface area contributed by atoms with Crippen molar-refractivity contribution in [2.75, 3.05) is 0 Å². The van der Waals surface area contributed by atoms with Gasteiger partial charge in [0, 0.05) is 6.54 Å². The zero-order valence-electron chi connectivity index (χ0n) is 13.4. The van der Waals surface area contributed by atoms with Crippen molar-refractivity contribution in [3.63, 3.8) is 0 Å². The van der Waals surface area contributed by atoms with E-state index >= 15 is 0 Å². The topological polar surface area (TPSA) is 99.5 Å². The summed E-state index contributed by atoms with van der Waals surface area (Å²) < 4.78 is 14.1. The standard InChI is InChI=1S/C18H13FN4O3/c19-11-7-5-10(6-8-11)9-20-16(25)14-15(24)17(26)23-13-4-2-1-3-12(13)21-18(23)22-14/h1-8,24H,9H2,(H,20,25)(H,21,22). The lowest BCUT2D eigenvalue weighted by atomic mass is 10.2. The molecule has 26 heavy (non-hydrogen) atoms. The molecule has 0 spiro atoms. The number of benzene rings is 2. The Morgan fingerprint density at radius 2 is 1.92 bits per heavy atom. The Morgan fingerprint density at radius 3 is 2.69 bits per heavy atom. The van der Waals surface area contributed by atoms with Gasteiger partial charge in [-0.25, -0.2) is 13.8 Å². The predicted octanol–water partition coefficient (Wildman–Crippen LogP) is 1.95. The Balaban J connectivity index is 1.70. The van der Waals surface area contributed by atoms with Crippen LogP contribution in [0.3, 0.4) is 0 Å². The lowest BCUT2D eigenvalue weighted by Crippen LogP contribution is -2.27. The van der Waals surface area contributed by atoms with Crippen molar-refractivity contribution in [3.05, 3.63) is 76.0 Å². The molecule has 3 N–H and O–H groups in total. The molecule has 0 saturated heterocycles. The zero-order chi connectivity index (χ0) is 18.3. The van der Waals surface area contributed by atoms with Gasteiger partial charge in [-0.1, -0.05) is 24.3 Å². The average Bonchev–Trinajstić information content (AvgIpc) is 3.02. The van der Waals surface area contributed by atoms with E-state index in [2.05, 4.69) is 15.3 Å². The first kappa shape index (κ1) is 15.8. The molecule has 7 nitrogen and oxygen atoms in total. The van der Waals surface area contributed by atoms with Crippen molar-refractivity contribution in [2.45, 2.75) is 6.54 Å². The van der Waals surface area contributed by atoms with Gasteiger partial charge in [0.15, 0.2) is 5.69 Å². The van der Waals surface area contributed by atoms with Crippen molar-refractivity contribution >= 4 is 22.7 Å². The van der Waals surface area contributed by atoms with Crippen LogP contribution in [0, 0.1) is 5.82 Å². The van der Waals surface area contributed by atoms with Crippen LogP contribution in [0.25, 0.3) is 16.8 Å². The third kappa shape index (κ3) is 2.57. The van der Waals surface area contributed by atoms with Crippen molar-refractivity contribution in [2.24, 2.45) is 0 Å². The second-order valence-electron chi connectivity index (χ2n) is 5.72. The number of fused-ring (bicyclic) bond motifs is 3. The minimum Gasteiger partial charge on any atom is -0.501 e. The van der Waals surface area contributed by atoms with Gasteiger partial charge >= 0.3 is 5.56 Å². The number of rotatable bonds is 3. The molecule has 2 heterocycles. The number of hydrogen-bond donors (Lipinski definition) is 3. The summed E-state index contributed by atoms with van der Waals surface area (Å²) in [5, 5.41) is 12.7. The van der Waals surface area contributed by atoms with Gasteiger partial charge in [0.25, 0.3) is 5.91 Å². The van der Waals surface area contributed by atoms with E-state index in [4.69, 9.17) is 0 Å². The summed E-state index contributed by atoms with van der Waals surface area (Å²) in [5.41, 5.74) is 0.764. The van der Waals surface area contributed by atoms with Crippen LogP contribution in [-0.2, 0) is 6.54 Å². The summed E-state index contributed by atoms with van der Waals surface area (Å²) in [6.45, 7) is 0.103. The largest absolute Gasteiger partial charge is 0.501 e. The number of H-pyrrole nitrogens is 1. The summed E-state index contributed by atoms with van der Waals surface area (Å²) in [6.07, 6.45) is 0. The summed E-state index contributed by atoms with van der Waals surface area (Å²) in [7, 11) is 0. The highest BCUT2D eigenvalue weighted by molar-refractivity contribution is 5.95. The molecule has 8 heteroatoms. The fourth-order valence-corrected chi connectivity index (χ4v) is 2.74. The summed E-state index contributed by atoms with van der Waals surface area (Å²) in [5.74, 6) is -1.66. The minimum absolute atomic E-state index is 0.103. The van der Waals surface area contributed by atoms with Crippen LogP contribution >= 0.6 is 0 Å². The molecule has 0 aliphatic rings. The summed E-state index contributed by atoms with van der Waals surface area (Å²) >= 11 is 0. The molecule has 1 amide bonds. The zero-order valence-corrected chi connectivity index (χ0v) is 13.4. The number of halogens is 1. The molecule has 0 atom stereocenters. The fraction of sp³-hybridized carbons (Fsp3) is 0.0556. The number of imidazole rings is 1. The van der Waals surface area contributed by atoms with E-state index < -0.39 is 17.2 Å². The Labute approximate surface area is 145 Å². The molecule has 0 saturated carbocycles. The number of aromatic nitrogens is 3. The second kappa shape index (κ2) is 5.99. The highest BCUT2D eigenvalue weighted by Crippen LogP contribution is 2.17. The number of aromatic amines is 1. The third-order valence-electron chi connectivity index (χ3n) is 4.03. The molecule has 0 radical (unpaired) electrons. The van der Waals surface area contributed by atoms with Gasteiger partial charge in [0.2, 0.25) is 11.5 Å². The van der Waals surface area contributed by atoms with Crippen LogP contribution in [0.1, 0.15) is 16.1 Å². The smallest absolute Gasteiger partial charge is 0.302 e. The van der Waals surface area contributed by atoms with Crippen molar-refractivity contribution in [1.82, 2.24) is 19.7 Å². The van der Waals surface area contributed by atoms with E-state index in [0.29, 0.717) is 16.6 Å². The number of hydrogen-bond acceptors (Lipinski definition) is 4. The first-order valence-corrected chi connectivity index (χ1v) is 7.79. The Kier molecular flexibility index (Phi) is 3.65. The number of para-hydroxylation sites is 2. The van der Waals surface area contributed by atoms with E-state index in [1.165, 1.54) is 28.7 Å². The van der Waals surface area contributed by atoms with Crippen LogP contribution in [0.2, 0.25) is 0 Å². The predicted molar refractivity (Wildman–Crippen MR) is 92.6 cm³/mol. The molecule has 2 aromatic heterocycles. The number of amides is 1. The van der Waals surface area contributed by atoms with Gasteiger partial charge in [0.05, 0.1) is 11.0 Å². The Morgan fingerprint density at radius 1 is 1.19 bits per heavy atom. The average molecular weight is 352 g/mol. The van der Waals surface area contributed by atoms with E-state index in [1.807, 2.05) is 0 Å². The monoisotopic (exact) mass is 352 g/mol. The van der Waals surface area contributed by atoms with Crippen molar-refractivity contribution in [1.29, 1.82) is 0 Å². The SMILES string of the molecule is O=C(NCc1ccc(F)cc1)c1nc2[nH]c3ccccc3n2c(=O)c1O.